The van der Waals surface area contributed by atoms with E-state index >= 15 is 0 Å². The topological polar surface area (TPSA) is 68.1 Å². The van der Waals surface area contributed by atoms with Crippen LogP contribution in [0.5, 0.6) is 5.75 Å². The fraction of sp³-hybridized carbons (Fsp3) is 0. The lowest BCUT2D eigenvalue weighted by atomic mass is 10.3. The molecule has 0 spiro atoms. The van der Waals surface area contributed by atoms with Crippen LogP contribution in [0, 0.1) is 0 Å². The number of nitrogens with zero attached hydrogens (tertiary/aromatic N) is 2. The first-order valence-electron chi connectivity index (χ1n) is 5.34. The molecule has 0 unspecified atom stereocenters. The highest BCUT2D eigenvalue weighted by Gasteiger charge is 2.08. The van der Waals surface area contributed by atoms with Gasteiger partial charge in [-0.15, -0.1) is 0 Å². The van der Waals surface area contributed by atoms with Gasteiger partial charge in [-0.1, -0.05) is 15.5 Å². The minimum absolute atomic E-state index is 0.141. The average molecular weight is 315 g/mol. The van der Waals surface area contributed by atoms with Crippen LogP contribution in [0.25, 0.3) is 0 Å². The summed E-state index contributed by atoms with van der Waals surface area (Å²) in [6.07, 6.45) is 0. The molecule has 20 heavy (non-hydrogen) atoms. The van der Waals surface area contributed by atoms with Crippen LogP contribution in [0.4, 0.5) is 15.3 Å². The van der Waals surface area contributed by atoms with Gasteiger partial charge in [-0.25, -0.2) is 0 Å². The van der Waals surface area contributed by atoms with E-state index in [1.807, 2.05) is 0 Å². The second kappa shape index (κ2) is 5.98. The molecule has 0 aromatic heterocycles. The summed E-state index contributed by atoms with van der Waals surface area (Å²) >= 11 is 5.73. The van der Waals surface area contributed by atoms with Gasteiger partial charge >= 0.3 is 10.5 Å². The molecule has 0 radical (unpaired) electrons. The maximum Gasteiger partial charge on any atom is 0.488 e. The van der Waals surface area contributed by atoms with Crippen LogP contribution in [-0.2, 0) is 10.5 Å². The van der Waals surface area contributed by atoms with Crippen LogP contribution < -0.4 is 4.18 Å². The minimum Gasteiger partial charge on any atom is -0.358 e. The zero-order valence-electron chi connectivity index (χ0n) is 9.90. The lowest BCUT2D eigenvalue weighted by Crippen LogP contribution is -2.00. The lowest BCUT2D eigenvalue weighted by molar-refractivity contribution is 0.440. The van der Waals surface area contributed by atoms with E-state index in [1.54, 1.807) is 24.3 Å². The predicted octanol–water partition coefficient (Wildman–Crippen LogP) is 4.35. The molecule has 2 aromatic carbocycles. The Kier molecular flexibility index (Phi) is 4.31. The first kappa shape index (κ1) is 14.4. The van der Waals surface area contributed by atoms with Crippen molar-refractivity contribution in [3.05, 3.63) is 53.6 Å². The highest BCUT2D eigenvalue weighted by Crippen LogP contribution is 2.23. The van der Waals surface area contributed by atoms with Gasteiger partial charge in [0.2, 0.25) is 0 Å². The molecule has 0 heterocycles. The third-order valence-electron chi connectivity index (χ3n) is 2.14. The first-order valence-corrected chi connectivity index (χ1v) is 7.02. The van der Waals surface area contributed by atoms with Crippen molar-refractivity contribution in [2.24, 2.45) is 10.2 Å². The van der Waals surface area contributed by atoms with Crippen molar-refractivity contribution in [2.75, 3.05) is 0 Å². The van der Waals surface area contributed by atoms with Gasteiger partial charge in [-0.3, -0.25) is 0 Å². The van der Waals surface area contributed by atoms with Gasteiger partial charge in [0, 0.05) is 5.02 Å². The Balaban J connectivity index is 2.09. The molecular formula is C12H8ClFN2O3S. The number of benzene rings is 2. The van der Waals surface area contributed by atoms with Crippen LogP contribution in [0.2, 0.25) is 5.02 Å². The smallest absolute Gasteiger partial charge is 0.358 e. The molecule has 2 aromatic rings. The molecule has 0 aliphatic heterocycles. The van der Waals surface area contributed by atoms with Crippen LogP contribution in [0.3, 0.4) is 0 Å². The van der Waals surface area contributed by atoms with E-state index in [-0.39, 0.29) is 5.75 Å². The van der Waals surface area contributed by atoms with Crippen molar-refractivity contribution >= 4 is 33.5 Å². The summed E-state index contributed by atoms with van der Waals surface area (Å²) in [5.41, 5.74) is 1.07. The molecule has 0 aliphatic carbocycles. The maximum atomic E-state index is 12.3. The molecule has 5 nitrogen and oxygen atoms in total. The van der Waals surface area contributed by atoms with Crippen LogP contribution in [0.15, 0.2) is 58.8 Å². The molecule has 104 valence electrons. The molecule has 2 rings (SSSR count). The van der Waals surface area contributed by atoms with Crippen LogP contribution in [0.1, 0.15) is 0 Å². The molecule has 0 N–H and O–H groups in total. The van der Waals surface area contributed by atoms with Gasteiger partial charge in [-0.2, -0.15) is 18.6 Å². The van der Waals surface area contributed by atoms with Crippen molar-refractivity contribution in [2.45, 2.75) is 0 Å². The van der Waals surface area contributed by atoms with Gasteiger partial charge in [-0.05, 0) is 48.5 Å². The molecule has 0 saturated heterocycles. The second-order valence-electron chi connectivity index (χ2n) is 3.65. The Morgan fingerprint density at radius 1 is 0.900 bits per heavy atom. The van der Waals surface area contributed by atoms with Crippen molar-refractivity contribution in [3.63, 3.8) is 0 Å². The van der Waals surface area contributed by atoms with E-state index in [9.17, 15) is 12.3 Å². The summed E-state index contributed by atoms with van der Waals surface area (Å²) in [5.74, 6) is -0.141. The summed E-state index contributed by atoms with van der Waals surface area (Å²) in [6, 6.07) is 12.2. The first-order chi connectivity index (χ1) is 9.42. The minimum atomic E-state index is -5.02. The van der Waals surface area contributed by atoms with Crippen LogP contribution in [-0.4, -0.2) is 8.42 Å². The lowest BCUT2D eigenvalue weighted by Gasteiger charge is -1.99. The molecule has 0 bridgehead atoms. The third-order valence-corrected chi connectivity index (χ3v) is 2.78. The standard InChI is InChI=1S/C12H8ClFN2O3S/c13-9-1-3-10(4-2-9)15-16-11-5-7-12(8-6-11)19-20(14,17)18/h1-8H/b16-15+. The second-order valence-corrected chi connectivity index (χ2v) is 5.04. The van der Waals surface area contributed by atoms with Gasteiger partial charge in [0.15, 0.2) is 0 Å². The van der Waals surface area contributed by atoms with Crippen LogP contribution >= 0.6 is 11.6 Å². The number of rotatable bonds is 4. The predicted molar refractivity (Wildman–Crippen MR) is 72.7 cm³/mol. The SMILES string of the molecule is O=S(=O)(F)Oc1ccc(/N=N/c2ccc(Cl)cc2)cc1. The summed E-state index contributed by atoms with van der Waals surface area (Å²) in [7, 11) is -5.02. The number of halogens is 2. The van der Waals surface area contributed by atoms with Crippen molar-refractivity contribution < 1.29 is 16.5 Å². The van der Waals surface area contributed by atoms with E-state index in [0.717, 1.165) is 0 Å². The highest BCUT2D eigenvalue weighted by molar-refractivity contribution is 7.81. The molecule has 0 amide bonds. The monoisotopic (exact) mass is 314 g/mol. The van der Waals surface area contributed by atoms with Crippen molar-refractivity contribution in [1.29, 1.82) is 0 Å². The van der Waals surface area contributed by atoms with E-state index in [1.165, 1.54) is 24.3 Å². The fourth-order valence-corrected chi connectivity index (χ4v) is 1.77. The Morgan fingerprint density at radius 3 is 1.80 bits per heavy atom. The van der Waals surface area contributed by atoms with E-state index in [0.29, 0.717) is 16.4 Å². The molecule has 8 heteroatoms. The summed E-state index contributed by atoms with van der Waals surface area (Å²) < 4.78 is 36.9. The van der Waals surface area contributed by atoms with Crippen molar-refractivity contribution in [3.8, 4) is 5.75 Å². The summed E-state index contributed by atoms with van der Waals surface area (Å²) in [4.78, 5) is 0. The normalized spacial score (nSPS) is 11.7. The summed E-state index contributed by atoms with van der Waals surface area (Å²) in [6.45, 7) is 0. The Bertz CT molecular complexity index is 715. The number of hydrogen-bond donors (Lipinski definition) is 0. The largest absolute Gasteiger partial charge is 0.488 e. The molecular weight excluding hydrogens is 307 g/mol. The van der Waals surface area contributed by atoms with E-state index < -0.39 is 10.5 Å². The van der Waals surface area contributed by atoms with Gasteiger partial charge in [0.25, 0.3) is 0 Å². The highest BCUT2D eigenvalue weighted by atomic mass is 35.5. The number of hydrogen-bond acceptors (Lipinski definition) is 5. The zero-order valence-corrected chi connectivity index (χ0v) is 11.5. The van der Waals surface area contributed by atoms with Crippen molar-refractivity contribution in [1.82, 2.24) is 0 Å². The van der Waals surface area contributed by atoms with Gasteiger partial charge in [0.1, 0.15) is 5.75 Å². The number of azo groups is 1. The average Bonchev–Trinajstić information content (AvgIpc) is 2.38. The Hall–Kier alpha value is -1.99. The molecule has 0 saturated carbocycles. The Labute approximate surface area is 120 Å². The van der Waals surface area contributed by atoms with E-state index in [4.69, 9.17) is 11.6 Å². The quantitative estimate of drug-likeness (QED) is 0.622. The molecule has 0 aliphatic rings. The molecule has 0 atom stereocenters. The van der Waals surface area contributed by atoms with E-state index in [2.05, 4.69) is 14.4 Å². The third kappa shape index (κ3) is 4.60. The van der Waals surface area contributed by atoms with Gasteiger partial charge < -0.3 is 4.18 Å². The van der Waals surface area contributed by atoms with Gasteiger partial charge in [0.05, 0.1) is 11.4 Å². The Morgan fingerprint density at radius 2 is 1.35 bits per heavy atom. The maximum absolute atomic E-state index is 12.3. The molecule has 0 fully saturated rings. The fourth-order valence-electron chi connectivity index (χ4n) is 1.31. The summed E-state index contributed by atoms with van der Waals surface area (Å²) in [5, 5.41) is 8.48. The zero-order chi connectivity index (χ0) is 14.6.